The summed E-state index contributed by atoms with van der Waals surface area (Å²) in [4.78, 5) is 13.1. The molecule has 0 aliphatic heterocycles. The third-order valence-electron chi connectivity index (χ3n) is 4.24. The van der Waals surface area contributed by atoms with Crippen molar-refractivity contribution < 1.29 is 19.0 Å². The van der Waals surface area contributed by atoms with E-state index in [-0.39, 0.29) is 18.2 Å². The summed E-state index contributed by atoms with van der Waals surface area (Å²) in [6, 6.07) is 12.6. The number of anilines is 1. The summed E-state index contributed by atoms with van der Waals surface area (Å²) in [6.07, 6.45) is 0.273. The number of carbonyl (C=O) groups excluding carboxylic acids is 1. The van der Waals surface area contributed by atoms with Gasteiger partial charge in [-0.05, 0) is 30.2 Å². The molecule has 1 N–H and O–H groups in total. The first-order chi connectivity index (χ1) is 13.7. The van der Waals surface area contributed by atoms with Crippen LogP contribution in [0.15, 0.2) is 42.5 Å². The highest BCUT2D eigenvalue weighted by molar-refractivity contribution is 5.96. The molecule has 3 aromatic rings. The van der Waals surface area contributed by atoms with Crippen LogP contribution < -0.4 is 24.6 Å². The minimum atomic E-state index is -0.735. The molecule has 1 heterocycles. The van der Waals surface area contributed by atoms with E-state index in [1.807, 2.05) is 18.2 Å². The van der Waals surface area contributed by atoms with Crippen molar-refractivity contribution in [2.24, 2.45) is 0 Å². The molecule has 1 atom stereocenters. The molecule has 0 spiro atoms. The molecule has 9 nitrogen and oxygen atoms in total. The Kier molecular flexibility index (Phi) is 6.05. The van der Waals surface area contributed by atoms with Crippen molar-refractivity contribution in [2.45, 2.75) is 12.3 Å². The Bertz CT molecular complexity index is 930. The van der Waals surface area contributed by atoms with Crippen molar-refractivity contribution in [3.8, 4) is 17.2 Å². The van der Waals surface area contributed by atoms with Crippen LogP contribution in [-0.4, -0.2) is 42.8 Å². The molecule has 9 heteroatoms. The summed E-state index contributed by atoms with van der Waals surface area (Å²) in [5.41, 5.74) is 1.32. The molecule has 0 bridgehead atoms. The second-order valence-corrected chi connectivity index (χ2v) is 5.84. The largest absolute Gasteiger partial charge is 0.495 e. The van der Waals surface area contributed by atoms with Gasteiger partial charge in [0.2, 0.25) is 5.91 Å². The second-order valence-electron chi connectivity index (χ2n) is 5.84. The molecular formula is C19H20N5O4-. The fourth-order valence-electron chi connectivity index (χ4n) is 2.89. The molecule has 0 saturated carbocycles. The number of rotatable bonds is 8. The smallest absolute Gasteiger partial charge is 0.232 e. The van der Waals surface area contributed by atoms with E-state index in [1.54, 1.807) is 38.5 Å². The van der Waals surface area contributed by atoms with Gasteiger partial charge < -0.3 is 24.6 Å². The predicted octanol–water partition coefficient (Wildman–Crippen LogP) is 1.82. The summed E-state index contributed by atoms with van der Waals surface area (Å²) in [5.74, 6) is 0.840. The maximum atomic E-state index is 13.1. The number of carbonyl (C=O) groups is 1. The van der Waals surface area contributed by atoms with Gasteiger partial charge in [0.05, 0.1) is 32.9 Å². The van der Waals surface area contributed by atoms with Crippen molar-refractivity contribution in [3.05, 3.63) is 53.9 Å². The van der Waals surface area contributed by atoms with Gasteiger partial charge in [-0.1, -0.05) is 24.3 Å². The average molecular weight is 382 g/mol. The van der Waals surface area contributed by atoms with Gasteiger partial charge in [-0.15, -0.1) is 0 Å². The van der Waals surface area contributed by atoms with Crippen molar-refractivity contribution >= 4 is 11.6 Å². The van der Waals surface area contributed by atoms with Gasteiger partial charge in [0.1, 0.15) is 5.75 Å². The van der Waals surface area contributed by atoms with E-state index in [1.165, 1.54) is 7.11 Å². The molecule has 0 fully saturated rings. The van der Waals surface area contributed by atoms with Crippen LogP contribution in [0.3, 0.4) is 0 Å². The number of hydrogen-bond acceptors (Lipinski definition) is 7. The number of para-hydroxylation sites is 3. The summed E-state index contributed by atoms with van der Waals surface area (Å²) in [6.45, 7) is 0. The zero-order valence-corrected chi connectivity index (χ0v) is 15.7. The Balaban J connectivity index is 1.92. The van der Waals surface area contributed by atoms with Gasteiger partial charge >= 0.3 is 0 Å². The summed E-state index contributed by atoms with van der Waals surface area (Å²) in [5, 5.41) is 17.6. The Morgan fingerprint density at radius 3 is 2.46 bits per heavy atom. The molecule has 2 aromatic carbocycles. The van der Waals surface area contributed by atoms with Crippen molar-refractivity contribution in [3.63, 3.8) is 0 Å². The fourth-order valence-corrected chi connectivity index (χ4v) is 2.89. The van der Waals surface area contributed by atoms with Crippen LogP contribution in [-0.2, 0) is 11.2 Å². The molecule has 28 heavy (non-hydrogen) atoms. The van der Waals surface area contributed by atoms with Crippen LogP contribution in [0.5, 0.6) is 17.2 Å². The van der Waals surface area contributed by atoms with Crippen LogP contribution >= 0.6 is 0 Å². The normalized spacial score (nSPS) is 11.5. The van der Waals surface area contributed by atoms with Gasteiger partial charge in [0.25, 0.3) is 0 Å². The number of aromatic nitrogens is 4. The van der Waals surface area contributed by atoms with Crippen molar-refractivity contribution in [2.75, 3.05) is 26.6 Å². The number of tetrazole rings is 1. The molecule has 1 amide bonds. The molecule has 1 aromatic heterocycles. The van der Waals surface area contributed by atoms with Gasteiger partial charge in [0, 0.05) is 5.82 Å². The topological polar surface area (TPSA) is 110 Å². The lowest BCUT2D eigenvalue weighted by Gasteiger charge is -2.20. The molecule has 0 saturated heterocycles. The van der Waals surface area contributed by atoms with Crippen molar-refractivity contribution in [1.82, 2.24) is 20.6 Å². The highest BCUT2D eigenvalue weighted by Gasteiger charge is 2.24. The first-order valence-electron chi connectivity index (χ1n) is 8.50. The summed E-state index contributed by atoms with van der Waals surface area (Å²) < 4.78 is 16.1. The van der Waals surface area contributed by atoms with Gasteiger partial charge in [-0.25, -0.2) is 0 Å². The maximum absolute atomic E-state index is 13.1. The number of nitrogens with one attached hydrogen (secondary N) is 1. The van der Waals surface area contributed by atoms with Gasteiger partial charge in [-0.2, -0.15) is 5.21 Å². The van der Waals surface area contributed by atoms with Crippen LogP contribution in [0.1, 0.15) is 17.3 Å². The number of hydrogen-bond donors (Lipinski definition) is 1. The zero-order valence-electron chi connectivity index (χ0n) is 15.7. The average Bonchev–Trinajstić information content (AvgIpc) is 3.26. The van der Waals surface area contributed by atoms with Crippen LogP contribution in [0.4, 0.5) is 5.69 Å². The van der Waals surface area contributed by atoms with Crippen LogP contribution in [0.25, 0.3) is 0 Å². The Hall–Kier alpha value is -3.62. The molecule has 0 radical (unpaired) electrons. The first kappa shape index (κ1) is 19.2. The molecule has 0 unspecified atom stereocenters. The van der Waals surface area contributed by atoms with Crippen molar-refractivity contribution in [1.29, 1.82) is 0 Å². The van der Waals surface area contributed by atoms with E-state index >= 15 is 0 Å². The number of ether oxygens (including phenoxy) is 3. The fraction of sp³-hybridized carbons (Fsp3) is 0.263. The van der Waals surface area contributed by atoms with E-state index in [0.717, 1.165) is 5.56 Å². The second kappa shape index (κ2) is 8.85. The predicted molar refractivity (Wildman–Crippen MR) is 101 cm³/mol. The minimum Gasteiger partial charge on any atom is -0.495 e. The summed E-state index contributed by atoms with van der Waals surface area (Å²) >= 11 is 0. The first-order valence-corrected chi connectivity index (χ1v) is 8.50. The van der Waals surface area contributed by atoms with E-state index in [9.17, 15) is 4.79 Å². The molecule has 0 aliphatic rings. The summed E-state index contributed by atoms with van der Waals surface area (Å²) in [7, 11) is 4.65. The lowest BCUT2D eigenvalue weighted by Crippen LogP contribution is -2.25. The van der Waals surface area contributed by atoms with E-state index in [0.29, 0.717) is 22.9 Å². The van der Waals surface area contributed by atoms with E-state index < -0.39 is 5.92 Å². The van der Waals surface area contributed by atoms with Gasteiger partial charge in [0.15, 0.2) is 11.5 Å². The van der Waals surface area contributed by atoms with Gasteiger partial charge in [-0.3, -0.25) is 15.1 Å². The standard InChI is InChI=1S/C19H21N5O4/c1-26-15-9-5-4-8-14(15)20-19(25)13(18-21-23-24-22-18)11-12-7-6-10-16(27-2)17(12)28-3/h4-10,13H,11H2,1-3H3,(H2,20,21,22,23,24,25)/p-1/t13-/m1/s1. The molecule has 146 valence electrons. The Morgan fingerprint density at radius 1 is 1.04 bits per heavy atom. The minimum absolute atomic E-state index is 0.220. The molecule has 0 aliphatic carbocycles. The van der Waals surface area contributed by atoms with Crippen LogP contribution in [0, 0.1) is 0 Å². The molecule has 3 rings (SSSR count). The lowest BCUT2D eigenvalue weighted by atomic mass is 9.96. The zero-order chi connectivity index (χ0) is 19.9. The number of nitrogens with zero attached hydrogens (tertiary/aromatic N) is 4. The SMILES string of the molecule is COc1ccccc1NC(=O)[C@H](Cc1cccc(OC)c1OC)c1nnn[n-]1. The third-order valence-corrected chi connectivity index (χ3v) is 4.24. The number of methoxy groups -OCH3 is 3. The highest BCUT2D eigenvalue weighted by Crippen LogP contribution is 2.34. The van der Waals surface area contributed by atoms with E-state index in [2.05, 4.69) is 25.9 Å². The monoisotopic (exact) mass is 382 g/mol. The van der Waals surface area contributed by atoms with E-state index in [4.69, 9.17) is 14.2 Å². The van der Waals surface area contributed by atoms with Crippen LogP contribution in [0.2, 0.25) is 0 Å². The number of benzene rings is 2. The quantitative estimate of drug-likeness (QED) is 0.628. The number of amides is 1. The highest BCUT2D eigenvalue weighted by atomic mass is 16.5. The third kappa shape index (κ3) is 4.03. The Morgan fingerprint density at radius 2 is 1.79 bits per heavy atom. The Labute approximate surface area is 162 Å². The maximum Gasteiger partial charge on any atom is 0.232 e. The molecular weight excluding hydrogens is 362 g/mol. The lowest BCUT2D eigenvalue weighted by molar-refractivity contribution is -0.117.